The van der Waals surface area contributed by atoms with Gasteiger partial charge < -0.3 is 9.73 Å². The Bertz CT molecular complexity index is 930. The molecule has 1 N–H and O–H groups in total. The Labute approximate surface area is 140 Å². The number of nitrogens with one attached hydrogen (secondary N) is 1. The van der Waals surface area contributed by atoms with Crippen molar-refractivity contribution in [1.29, 1.82) is 0 Å². The summed E-state index contributed by atoms with van der Waals surface area (Å²) in [5, 5.41) is 11.6. The first-order valence-electron chi connectivity index (χ1n) is 7.85. The molecule has 0 aliphatic rings. The van der Waals surface area contributed by atoms with E-state index in [9.17, 15) is 4.79 Å². The highest BCUT2D eigenvalue weighted by molar-refractivity contribution is 6.07. The molecule has 0 spiro atoms. The van der Waals surface area contributed by atoms with Gasteiger partial charge in [0.1, 0.15) is 6.04 Å². The Hall–Kier alpha value is -2.76. The van der Waals surface area contributed by atoms with Crippen molar-refractivity contribution in [3.63, 3.8) is 0 Å². The van der Waals surface area contributed by atoms with Crippen LogP contribution in [-0.2, 0) is 0 Å². The van der Waals surface area contributed by atoms with Crippen LogP contribution in [-0.4, -0.2) is 21.1 Å². The van der Waals surface area contributed by atoms with E-state index in [1.807, 2.05) is 45.9 Å². The molecule has 0 aliphatic carbocycles. The van der Waals surface area contributed by atoms with Crippen LogP contribution in [0.4, 0.5) is 0 Å². The van der Waals surface area contributed by atoms with E-state index in [0.717, 1.165) is 27.7 Å². The van der Waals surface area contributed by atoms with Gasteiger partial charge >= 0.3 is 0 Å². The molecule has 0 bridgehead atoms. The van der Waals surface area contributed by atoms with E-state index < -0.39 is 0 Å². The summed E-state index contributed by atoms with van der Waals surface area (Å²) >= 11 is 0. The first-order chi connectivity index (χ1) is 11.4. The van der Waals surface area contributed by atoms with Crippen molar-refractivity contribution in [1.82, 2.24) is 20.5 Å². The second kappa shape index (κ2) is 6.03. The molecule has 3 rings (SSSR count). The average Bonchev–Trinajstić information content (AvgIpc) is 2.95. The van der Waals surface area contributed by atoms with E-state index in [2.05, 4.69) is 20.5 Å². The second-order valence-corrected chi connectivity index (χ2v) is 6.07. The van der Waals surface area contributed by atoms with E-state index in [1.165, 1.54) is 0 Å². The molecular weight excluding hydrogens is 304 g/mol. The van der Waals surface area contributed by atoms with Gasteiger partial charge in [0, 0.05) is 18.0 Å². The Kier molecular flexibility index (Phi) is 4.05. The minimum atomic E-state index is -0.369. The van der Waals surface area contributed by atoms with E-state index in [1.54, 1.807) is 6.92 Å². The van der Waals surface area contributed by atoms with Crippen LogP contribution in [0.5, 0.6) is 0 Å². The van der Waals surface area contributed by atoms with Crippen molar-refractivity contribution in [3.05, 3.63) is 52.4 Å². The van der Waals surface area contributed by atoms with Crippen LogP contribution in [0.1, 0.15) is 51.9 Å². The van der Waals surface area contributed by atoms with Crippen LogP contribution in [0.2, 0.25) is 0 Å². The first kappa shape index (κ1) is 16.1. The third-order valence-corrected chi connectivity index (χ3v) is 4.11. The Balaban J connectivity index is 2.02. The smallest absolute Gasteiger partial charge is 0.252 e. The quantitative estimate of drug-likeness (QED) is 0.799. The van der Waals surface area contributed by atoms with E-state index in [-0.39, 0.29) is 11.9 Å². The molecule has 3 aromatic rings. The number of aromatic nitrogens is 3. The van der Waals surface area contributed by atoms with Crippen molar-refractivity contribution < 1.29 is 9.21 Å². The SMILES string of the molecule is Cc1ccc2nc(C)c(C)c(C(=O)NC(C)c3nnc(C)o3)c2c1. The van der Waals surface area contributed by atoms with Gasteiger partial charge in [-0.3, -0.25) is 9.78 Å². The molecule has 1 unspecified atom stereocenters. The molecule has 24 heavy (non-hydrogen) atoms. The monoisotopic (exact) mass is 324 g/mol. The highest BCUT2D eigenvalue weighted by atomic mass is 16.4. The maximum absolute atomic E-state index is 12.9. The zero-order valence-electron chi connectivity index (χ0n) is 14.5. The third-order valence-electron chi connectivity index (χ3n) is 4.11. The number of amides is 1. The summed E-state index contributed by atoms with van der Waals surface area (Å²) in [6, 6.07) is 5.56. The Morgan fingerprint density at radius 2 is 1.92 bits per heavy atom. The standard InChI is InChI=1S/C18H20N4O2/c1-9-6-7-15-14(8-9)16(10(2)11(3)19-15)17(23)20-12(4)18-22-21-13(5)24-18/h6-8,12H,1-5H3,(H,20,23). The highest BCUT2D eigenvalue weighted by Crippen LogP contribution is 2.25. The maximum Gasteiger partial charge on any atom is 0.252 e. The summed E-state index contributed by atoms with van der Waals surface area (Å²) in [5.74, 6) is 0.699. The molecule has 2 heterocycles. The molecular formula is C18H20N4O2. The molecule has 2 aromatic heterocycles. The molecule has 0 aliphatic heterocycles. The molecule has 0 saturated heterocycles. The summed E-state index contributed by atoms with van der Waals surface area (Å²) in [6.45, 7) is 9.37. The number of nitrogens with zero attached hydrogens (tertiary/aromatic N) is 3. The van der Waals surface area contributed by atoms with Gasteiger partial charge in [0.2, 0.25) is 11.8 Å². The summed E-state index contributed by atoms with van der Waals surface area (Å²) < 4.78 is 5.39. The van der Waals surface area contributed by atoms with Crippen LogP contribution in [0.15, 0.2) is 22.6 Å². The summed E-state index contributed by atoms with van der Waals surface area (Å²) in [6.07, 6.45) is 0. The van der Waals surface area contributed by atoms with E-state index in [0.29, 0.717) is 17.3 Å². The van der Waals surface area contributed by atoms with Gasteiger partial charge in [-0.15, -0.1) is 10.2 Å². The van der Waals surface area contributed by atoms with Crippen molar-refractivity contribution in [2.24, 2.45) is 0 Å². The molecule has 1 atom stereocenters. The predicted octanol–water partition coefficient (Wildman–Crippen LogP) is 3.34. The van der Waals surface area contributed by atoms with Gasteiger partial charge in [-0.25, -0.2) is 0 Å². The van der Waals surface area contributed by atoms with Gasteiger partial charge in [-0.1, -0.05) is 11.6 Å². The lowest BCUT2D eigenvalue weighted by molar-refractivity contribution is 0.0935. The van der Waals surface area contributed by atoms with Crippen LogP contribution >= 0.6 is 0 Å². The summed E-state index contributed by atoms with van der Waals surface area (Å²) in [7, 11) is 0. The molecule has 6 heteroatoms. The topological polar surface area (TPSA) is 80.9 Å². The molecule has 0 saturated carbocycles. The number of rotatable bonds is 3. The molecule has 0 fully saturated rings. The van der Waals surface area contributed by atoms with Crippen molar-refractivity contribution in [2.45, 2.75) is 40.7 Å². The number of aryl methyl sites for hydroxylation is 3. The van der Waals surface area contributed by atoms with Gasteiger partial charge in [0.05, 0.1) is 11.1 Å². The molecule has 1 aromatic carbocycles. The van der Waals surface area contributed by atoms with Crippen molar-refractivity contribution in [2.75, 3.05) is 0 Å². The fraction of sp³-hybridized carbons (Fsp3) is 0.333. The number of carbonyl (C=O) groups is 1. The number of carbonyl (C=O) groups excluding carboxylic acids is 1. The molecule has 124 valence electrons. The normalized spacial score (nSPS) is 12.4. The fourth-order valence-corrected chi connectivity index (χ4v) is 2.71. The number of fused-ring (bicyclic) bond motifs is 1. The van der Waals surface area contributed by atoms with Crippen LogP contribution in [0.25, 0.3) is 10.9 Å². The van der Waals surface area contributed by atoms with Gasteiger partial charge in [-0.2, -0.15) is 0 Å². The lowest BCUT2D eigenvalue weighted by atomic mass is 9.99. The highest BCUT2D eigenvalue weighted by Gasteiger charge is 2.21. The largest absolute Gasteiger partial charge is 0.423 e. The van der Waals surface area contributed by atoms with Crippen molar-refractivity contribution in [3.8, 4) is 0 Å². The Morgan fingerprint density at radius 3 is 2.58 bits per heavy atom. The summed E-state index contributed by atoms with van der Waals surface area (Å²) in [5.41, 5.74) is 4.26. The van der Waals surface area contributed by atoms with Gasteiger partial charge in [-0.05, 0) is 45.4 Å². The zero-order valence-corrected chi connectivity index (χ0v) is 14.5. The minimum Gasteiger partial charge on any atom is -0.423 e. The summed E-state index contributed by atoms with van der Waals surface area (Å²) in [4.78, 5) is 17.5. The molecule has 6 nitrogen and oxygen atoms in total. The van der Waals surface area contributed by atoms with Crippen LogP contribution in [0, 0.1) is 27.7 Å². The number of benzene rings is 1. The Morgan fingerprint density at radius 1 is 1.17 bits per heavy atom. The van der Waals surface area contributed by atoms with Crippen molar-refractivity contribution >= 4 is 16.8 Å². The number of pyridine rings is 1. The third kappa shape index (κ3) is 2.87. The van der Waals surface area contributed by atoms with Gasteiger partial charge in [0.25, 0.3) is 5.91 Å². The lowest BCUT2D eigenvalue weighted by Gasteiger charge is -2.15. The van der Waals surface area contributed by atoms with E-state index in [4.69, 9.17) is 4.42 Å². The van der Waals surface area contributed by atoms with Gasteiger partial charge in [0.15, 0.2) is 0 Å². The number of hydrogen-bond donors (Lipinski definition) is 1. The lowest BCUT2D eigenvalue weighted by Crippen LogP contribution is -2.28. The van der Waals surface area contributed by atoms with E-state index >= 15 is 0 Å². The number of hydrogen-bond acceptors (Lipinski definition) is 5. The molecule has 0 radical (unpaired) electrons. The van der Waals surface area contributed by atoms with Crippen LogP contribution < -0.4 is 5.32 Å². The second-order valence-electron chi connectivity index (χ2n) is 6.07. The predicted molar refractivity (Wildman–Crippen MR) is 90.9 cm³/mol. The maximum atomic E-state index is 12.9. The van der Waals surface area contributed by atoms with Crippen LogP contribution in [0.3, 0.4) is 0 Å². The fourth-order valence-electron chi connectivity index (χ4n) is 2.71. The first-order valence-corrected chi connectivity index (χ1v) is 7.85. The average molecular weight is 324 g/mol. The molecule has 1 amide bonds. The minimum absolute atomic E-state index is 0.169. The zero-order chi connectivity index (χ0) is 17.4.